The van der Waals surface area contributed by atoms with Crippen molar-refractivity contribution in [2.24, 2.45) is 0 Å². The van der Waals surface area contributed by atoms with Gasteiger partial charge in [0.25, 0.3) is 0 Å². The lowest BCUT2D eigenvalue weighted by Gasteiger charge is -2.09. The van der Waals surface area contributed by atoms with Crippen molar-refractivity contribution in [1.82, 2.24) is 0 Å². The fourth-order valence-corrected chi connectivity index (χ4v) is 2.26. The van der Waals surface area contributed by atoms with Crippen molar-refractivity contribution in [3.63, 3.8) is 0 Å². The second-order valence-corrected chi connectivity index (χ2v) is 4.20. The summed E-state index contributed by atoms with van der Waals surface area (Å²) in [5, 5.41) is 3.47. The Morgan fingerprint density at radius 3 is 2.47 bits per heavy atom. The van der Waals surface area contributed by atoms with Crippen LogP contribution >= 0.6 is 15.9 Å². The van der Waals surface area contributed by atoms with Crippen molar-refractivity contribution in [1.29, 1.82) is 0 Å². The molecular weight excluding hydrogens is 252 g/mol. The molecule has 15 heavy (non-hydrogen) atoms. The average molecular weight is 265 g/mol. The normalized spacial score (nSPS) is 10.5. The Labute approximate surface area is 98.2 Å². The number of benzene rings is 2. The van der Waals surface area contributed by atoms with Crippen LogP contribution in [0.2, 0.25) is 0 Å². The van der Waals surface area contributed by atoms with E-state index in [-0.39, 0.29) is 0 Å². The Hall–Kier alpha value is -1.02. The first-order chi connectivity index (χ1) is 7.36. The molecule has 0 saturated carbocycles. The zero-order chi connectivity index (χ0) is 10.7. The van der Waals surface area contributed by atoms with Crippen LogP contribution < -0.4 is 4.74 Å². The molecule has 0 amide bonds. The molecule has 0 aliphatic heterocycles. The van der Waals surface area contributed by atoms with Crippen molar-refractivity contribution in [2.75, 3.05) is 12.4 Å². The van der Waals surface area contributed by atoms with E-state index in [0.29, 0.717) is 0 Å². The van der Waals surface area contributed by atoms with Crippen LogP contribution in [0.5, 0.6) is 5.75 Å². The Bertz CT molecular complexity index is 465. The van der Waals surface area contributed by atoms with Gasteiger partial charge in [-0.3, -0.25) is 0 Å². The number of alkyl halides is 1. The van der Waals surface area contributed by atoms with Gasteiger partial charge in [0.05, 0.1) is 7.11 Å². The van der Waals surface area contributed by atoms with Crippen LogP contribution in [0.4, 0.5) is 0 Å². The summed E-state index contributed by atoms with van der Waals surface area (Å²) in [5.74, 6) is 0.948. The topological polar surface area (TPSA) is 9.23 Å². The highest BCUT2D eigenvalue weighted by atomic mass is 79.9. The maximum Gasteiger partial charge on any atom is 0.126 e. The standard InChI is InChI=1S/C13H13BrO/c1-15-13-7-6-10(8-9-14)11-4-2-3-5-12(11)13/h2-7H,8-9H2,1H3. The molecule has 0 atom stereocenters. The monoisotopic (exact) mass is 264 g/mol. The van der Waals surface area contributed by atoms with E-state index in [2.05, 4.69) is 40.2 Å². The molecule has 0 unspecified atom stereocenters. The first-order valence-corrected chi connectivity index (χ1v) is 6.09. The molecular formula is C13H13BrO. The minimum atomic E-state index is 0.948. The maximum absolute atomic E-state index is 5.35. The molecule has 0 fully saturated rings. The van der Waals surface area contributed by atoms with Gasteiger partial charge in [-0.1, -0.05) is 46.3 Å². The van der Waals surface area contributed by atoms with Gasteiger partial charge in [-0.15, -0.1) is 0 Å². The summed E-state index contributed by atoms with van der Waals surface area (Å²) >= 11 is 3.48. The van der Waals surface area contributed by atoms with Gasteiger partial charge in [0.2, 0.25) is 0 Å². The fraction of sp³-hybridized carbons (Fsp3) is 0.231. The van der Waals surface area contributed by atoms with Crippen LogP contribution in [0, 0.1) is 0 Å². The molecule has 0 aromatic heterocycles. The highest BCUT2D eigenvalue weighted by Gasteiger charge is 2.04. The molecule has 0 heterocycles. The van der Waals surface area contributed by atoms with Crippen molar-refractivity contribution < 1.29 is 4.74 Å². The highest BCUT2D eigenvalue weighted by Crippen LogP contribution is 2.28. The molecule has 2 heteroatoms. The first kappa shape index (κ1) is 10.5. The third kappa shape index (κ3) is 2.00. The van der Waals surface area contributed by atoms with Crippen LogP contribution in [-0.4, -0.2) is 12.4 Å². The fourth-order valence-electron chi connectivity index (χ4n) is 1.83. The summed E-state index contributed by atoms with van der Waals surface area (Å²) < 4.78 is 5.35. The van der Waals surface area contributed by atoms with Gasteiger partial charge in [-0.25, -0.2) is 0 Å². The Morgan fingerprint density at radius 2 is 1.80 bits per heavy atom. The number of aryl methyl sites for hydroxylation is 1. The third-order valence-corrected chi connectivity index (χ3v) is 2.95. The van der Waals surface area contributed by atoms with Gasteiger partial charge in [0.1, 0.15) is 5.75 Å². The van der Waals surface area contributed by atoms with Gasteiger partial charge in [-0.2, -0.15) is 0 Å². The lowest BCUT2D eigenvalue weighted by molar-refractivity contribution is 0.419. The highest BCUT2D eigenvalue weighted by molar-refractivity contribution is 9.09. The van der Waals surface area contributed by atoms with Gasteiger partial charge in [0.15, 0.2) is 0 Å². The van der Waals surface area contributed by atoms with Crippen LogP contribution in [0.3, 0.4) is 0 Å². The van der Waals surface area contributed by atoms with E-state index in [9.17, 15) is 0 Å². The Balaban J connectivity index is 2.66. The lowest BCUT2D eigenvalue weighted by atomic mass is 10.0. The molecule has 0 spiro atoms. The summed E-state index contributed by atoms with van der Waals surface area (Å²) in [6, 6.07) is 12.5. The molecule has 0 saturated heterocycles. The molecule has 0 aliphatic carbocycles. The zero-order valence-electron chi connectivity index (χ0n) is 8.66. The summed E-state index contributed by atoms with van der Waals surface area (Å²) in [5.41, 5.74) is 1.36. The van der Waals surface area contributed by atoms with E-state index in [1.165, 1.54) is 16.3 Å². The number of fused-ring (bicyclic) bond motifs is 1. The third-order valence-electron chi connectivity index (χ3n) is 2.56. The van der Waals surface area contributed by atoms with E-state index in [1.54, 1.807) is 7.11 Å². The summed E-state index contributed by atoms with van der Waals surface area (Å²) in [6.07, 6.45) is 1.05. The zero-order valence-corrected chi connectivity index (χ0v) is 10.3. The Kier molecular flexibility index (Phi) is 3.27. The average Bonchev–Trinajstić information content (AvgIpc) is 2.30. The second kappa shape index (κ2) is 4.67. The minimum Gasteiger partial charge on any atom is -0.496 e. The molecule has 2 rings (SSSR count). The van der Waals surface area contributed by atoms with Crippen LogP contribution in [-0.2, 0) is 6.42 Å². The summed E-state index contributed by atoms with van der Waals surface area (Å²) in [4.78, 5) is 0. The van der Waals surface area contributed by atoms with E-state index in [1.807, 2.05) is 12.1 Å². The molecule has 78 valence electrons. The van der Waals surface area contributed by atoms with Crippen molar-refractivity contribution >= 4 is 26.7 Å². The number of hydrogen-bond donors (Lipinski definition) is 0. The molecule has 0 bridgehead atoms. The van der Waals surface area contributed by atoms with Crippen LogP contribution in [0.1, 0.15) is 5.56 Å². The minimum absolute atomic E-state index is 0.948. The molecule has 1 nitrogen and oxygen atoms in total. The molecule has 2 aromatic rings. The molecule has 0 aliphatic rings. The predicted octanol–water partition coefficient (Wildman–Crippen LogP) is 3.79. The van der Waals surface area contributed by atoms with Crippen molar-refractivity contribution in [2.45, 2.75) is 6.42 Å². The lowest BCUT2D eigenvalue weighted by Crippen LogP contribution is -1.91. The molecule has 0 N–H and O–H groups in total. The van der Waals surface area contributed by atoms with E-state index in [4.69, 9.17) is 4.74 Å². The molecule has 0 radical (unpaired) electrons. The van der Waals surface area contributed by atoms with Crippen LogP contribution in [0.15, 0.2) is 36.4 Å². The second-order valence-electron chi connectivity index (χ2n) is 3.41. The smallest absolute Gasteiger partial charge is 0.126 e. The quantitative estimate of drug-likeness (QED) is 0.767. The number of ether oxygens (including phenoxy) is 1. The van der Waals surface area contributed by atoms with E-state index < -0.39 is 0 Å². The van der Waals surface area contributed by atoms with Gasteiger partial charge < -0.3 is 4.74 Å². The number of methoxy groups -OCH3 is 1. The van der Waals surface area contributed by atoms with Crippen molar-refractivity contribution in [3.05, 3.63) is 42.0 Å². The Morgan fingerprint density at radius 1 is 1.07 bits per heavy atom. The van der Waals surface area contributed by atoms with E-state index in [0.717, 1.165) is 17.5 Å². The molecule has 2 aromatic carbocycles. The maximum atomic E-state index is 5.35. The summed E-state index contributed by atoms with van der Waals surface area (Å²) in [6.45, 7) is 0. The number of hydrogen-bond acceptors (Lipinski definition) is 1. The largest absolute Gasteiger partial charge is 0.496 e. The van der Waals surface area contributed by atoms with E-state index >= 15 is 0 Å². The number of rotatable bonds is 3. The predicted molar refractivity (Wildman–Crippen MR) is 68.0 cm³/mol. The van der Waals surface area contributed by atoms with Crippen LogP contribution in [0.25, 0.3) is 10.8 Å². The van der Waals surface area contributed by atoms with Crippen molar-refractivity contribution in [3.8, 4) is 5.75 Å². The first-order valence-electron chi connectivity index (χ1n) is 4.97. The van der Waals surface area contributed by atoms with Gasteiger partial charge in [-0.05, 0) is 23.4 Å². The summed E-state index contributed by atoms with van der Waals surface area (Å²) in [7, 11) is 1.71. The number of halogens is 1. The van der Waals surface area contributed by atoms with Gasteiger partial charge in [0, 0.05) is 10.7 Å². The SMILES string of the molecule is COc1ccc(CCBr)c2ccccc12. The van der Waals surface area contributed by atoms with Gasteiger partial charge >= 0.3 is 0 Å².